The molecule has 0 heterocycles. The first-order chi connectivity index (χ1) is 11.0. The zero-order chi connectivity index (χ0) is 16.8. The number of hydrogen-bond acceptors (Lipinski definition) is 2. The first kappa shape index (κ1) is 17.8. The number of quaternary nitrogens is 1. The summed E-state index contributed by atoms with van der Waals surface area (Å²) < 4.78 is 0. The minimum atomic E-state index is 0.186. The number of benzene rings is 1. The van der Waals surface area contributed by atoms with Crippen molar-refractivity contribution in [3.63, 3.8) is 0 Å². The average molecular weight is 318 g/mol. The van der Waals surface area contributed by atoms with Crippen molar-refractivity contribution in [1.29, 1.82) is 0 Å². The second-order valence-electron chi connectivity index (χ2n) is 7.31. The maximum absolute atomic E-state index is 12.3. The molecule has 1 aromatic carbocycles. The monoisotopic (exact) mass is 318 g/mol. The van der Waals surface area contributed by atoms with Gasteiger partial charge in [0.15, 0.2) is 6.54 Å². The van der Waals surface area contributed by atoms with Crippen LogP contribution in [-0.2, 0) is 11.3 Å². The maximum Gasteiger partial charge on any atom is 0.275 e. The number of rotatable bonds is 6. The lowest BCUT2D eigenvalue weighted by molar-refractivity contribution is -0.885. The molecule has 2 rings (SSSR count). The Morgan fingerprint density at radius 2 is 1.87 bits per heavy atom. The lowest BCUT2D eigenvalue weighted by Gasteiger charge is -2.29. The molecular weight excluding hydrogens is 286 g/mol. The van der Waals surface area contributed by atoms with Crippen molar-refractivity contribution in [3.05, 3.63) is 29.8 Å². The molecule has 23 heavy (non-hydrogen) atoms. The van der Waals surface area contributed by atoms with Crippen LogP contribution in [0.1, 0.15) is 38.2 Å². The Morgan fingerprint density at radius 1 is 1.22 bits per heavy atom. The highest BCUT2D eigenvalue weighted by molar-refractivity contribution is 5.77. The van der Waals surface area contributed by atoms with Crippen LogP contribution in [0, 0.1) is 5.92 Å². The van der Waals surface area contributed by atoms with Crippen molar-refractivity contribution >= 4 is 11.6 Å². The van der Waals surface area contributed by atoms with Gasteiger partial charge in [0.05, 0.1) is 7.05 Å². The zero-order valence-corrected chi connectivity index (χ0v) is 15.1. The van der Waals surface area contributed by atoms with Gasteiger partial charge in [0.2, 0.25) is 0 Å². The van der Waals surface area contributed by atoms with Crippen LogP contribution in [0.2, 0.25) is 0 Å². The zero-order valence-electron chi connectivity index (χ0n) is 15.1. The molecule has 0 aromatic heterocycles. The van der Waals surface area contributed by atoms with Gasteiger partial charge in [-0.1, -0.05) is 31.9 Å². The number of anilines is 1. The second kappa shape index (κ2) is 8.34. The first-order valence-electron chi connectivity index (χ1n) is 8.82. The molecule has 128 valence electrons. The Hall–Kier alpha value is -1.55. The molecule has 4 heteroatoms. The molecule has 1 aliphatic rings. The number of nitrogens with zero attached hydrogens (tertiary/aromatic N) is 1. The molecule has 1 aromatic rings. The van der Waals surface area contributed by atoms with Gasteiger partial charge in [0.1, 0.15) is 6.54 Å². The van der Waals surface area contributed by atoms with Gasteiger partial charge in [-0.2, -0.15) is 0 Å². The third kappa shape index (κ3) is 5.54. The molecule has 3 atom stereocenters. The van der Waals surface area contributed by atoms with E-state index in [9.17, 15) is 4.79 Å². The summed E-state index contributed by atoms with van der Waals surface area (Å²) in [6.45, 7) is 3.67. The molecular formula is C19H32N3O+. The molecule has 0 spiro atoms. The van der Waals surface area contributed by atoms with Crippen molar-refractivity contribution in [1.82, 2.24) is 5.32 Å². The largest absolute Gasteiger partial charge is 0.378 e. The third-order valence-electron chi connectivity index (χ3n) is 4.88. The van der Waals surface area contributed by atoms with Gasteiger partial charge in [0.25, 0.3) is 5.91 Å². The Bertz CT molecular complexity index is 498. The SMILES string of the molecule is C[C@@H]1CCCC[C@H]1NC(=O)C[NH+](C)Cc1ccc(N(C)C)cc1. The molecule has 0 aliphatic heterocycles. The quantitative estimate of drug-likeness (QED) is 0.833. The van der Waals surface area contributed by atoms with Crippen LogP contribution in [0.4, 0.5) is 5.69 Å². The van der Waals surface area contributed by atoms with Gasteiger partial charge in [-0.05, 0) is 30.9 Å². The number of likely N-dealkylation sites (N-methyl/N-ethyl adjacent to an activating group) is 1. The van der Waals surface area contributed by atoms with Gasteiger partial charge < -0.3 is 15.1 Å². The molecule has 0 bridgehead atoms. The highest BCUT2D eigenvalue weighted by atomic mass is 16.2. The number of carbonyl (C=O) groups is 1. The summed E-state index contributed by atoms with van der Waals surface area (Å²) in [7, 11) is 6.18. The van der Waals surface area contributed by atoms with Gasteiger partial charge >= 0.3 is 0 Å². The predicted octanol–water partition coefficient (Wildman–Crippen LogP) is 1.46. The van der Waals surface area contributed by atoms with Crippen LogP contribution in [0.5, 0.6) is 0 Å². The fourth-order valence-corrected chi connectivity index (χ4v) is 3.39. The number of amides is 1. The van der Waals surface area contributed by atoms with Crippen LogP contribution < -0.4 is 15.1 Å². The molecule has 1 unspecified atom stereocenters. The molecule has 4 nitrogen and oxygen atoms in total. The van der Waals surface area contributed by atoms with Crippen LogP contribution in [0.3, 0.4) is 0 Å². The van der Waals surface area contributed by atoms with Crippen molar-refractivity contribution in [3.8, 4) is 0 Å². The van der Waals surface area contributed by atoms with Crippen LogP contribution >= 0.6 is 0 Å². The second-order valence-corrected chi connectivity index (χ2v) is 7.31. The summed E-state index contributed by atoms with van der Waals surface area (Å²) in [6, 6.07) is 8.95. The van der Waals surface area contributed by atoms with Gasteiger partial charge in [-0.15, -0.1) is 0 Å². The minimum absolute atomic E-state index is 0.186. The summed E-state index contributed by atoms with van der Waals surface area (Å²) in [6.07, 6.45) is 4.93. The molecule has 0 saturated heterocycles. The van der Waals surface area contributed by atoms with Crippen LogP contribution in [0.15, 0.2) is 24.3 Å². The molecule has 1 amide bonds. The summed E-state index contributed by atoms with van der Waals surface area (Å²) >= 11 is 0. The smallest absolute Gasteiger partial charge is 0.275 e. The normalized spacial score (nSPS) is 22.4. The summed E-state index contributed by atoms with van der Waals surface area (Å²) in [5, 5.41) is 3.24. The van der Waals surface area contributed by atoms with E-state index in [0.717, 1.165) is 13.0 Å². The van der Waals surface area contributed by atoms with E-state index in [0.29, 0.717) is 18.5 Å². The van der Waals surface area contributed by atoms with Crippen molar-refractivity contribution in [2.24, 2.45) is 5.92 Å². The highest BCUT2D eigenvalue weighted by Gasteiger charge is 2.23. The maximum atomic E-state index is 12.3. The molecule has 1 aliphatic carbocycles. The lowest BCUT2D eigenvalue weighted by Crippen LogP contribution is -3.09. The summed E-state index contributed by atoms with van der Waals surface area (Å²) in [4.78, 5) is 15.6. The first-order valence-corrected chi connectivity index (χ1v) is 8.82. The van der Waals surface area contributed by atoms with Gasteiger partial charge in [0, 0.05) is 31.4 Å². The Labute approximate surface area is 140 Å². The summed E-state index contributed by atoms with van der Waals surface area (Å²) in [5.74, 6) is 0.803. The van der Waals surface area contributed by atoms with Crippen molar-refractivity contribution in [2.45, 2.75) is 45.2 Å². The van der Waals surface area contributed by atoms with Gasteiger partial charge in [-0.25, -0.2) is 0 Å². The lowest BCUT2D eigenvalue weighted by atomic mass is 9.86. The number of hydrogen-bond donors (Lipinski definition) is 2. The number of nitrogens with one attached hydrogen (secondary N) is 2. The van der Waals surface area contributed by atoms with E-state index in [1.54, 1.807) is 0 Å². The summed E-state index contributed by atoms with van der Waals surface area (Å²) in [5.41, 5.74) is 2.47. The Morgan fingerprint density at radius 3 is 2.48 bits per heavy atom. The van der Waals surface area contributed by atoms with E-state index in [2.05, 4.69) is 48.5 Å². The van der Waals surface area contributed by atoms with E-state index in [1.807, 2.05) is 14.1 Å². The van der Waals surface area contributed by atoms with E-state index in [1.165, 1.54) is 35.4 Å². The van der Waals surface area contributed by atoms with Crippen molar-refractivity contribution in [2.75, 3.05) is 32.6 Å². The predicted molar refractivity (Wildman–Crippen MR) is 95.8 cm³/mol. The minimum Gasteiger partial charge on any atom is -0.378 e. The van der Waals surface area contributed by atoms with E-state index in [-0.39, 0.29) is 5.91 Å². The van der Waals surface area contributed by atoms with E-state index >= 15 is 0 Å². The van der Waals surface area contributed by atoms with Crippen LogP contribution in [-0.4, -0.2) is 39.6 Å². The standard InChI is InChI=1S/C19H31N3O/c1-15-7-5-6-8-18(15)20-19(23)14-22(4)13-16-9-11-17(12-10-16)21(2)3/h9-12,15,18H,5-8,13-14H2,1-4H3,(H,20,23)/p+1/t15-,18-/m1/s1. The number of carbonyl (C=O) groups excluding carboxylic acids is 1. The fraction of sp³-hybridized carbons (Fsp3) is 0.632. The molecule has 2 N–H and O–H groups in total. The topological polar surface area (TPSA) is 36.8 Å². The molecule has 1 fully saturated rings. The van der Waals surface area contributed by atoms with Gasteiger partial charge in [-0.3, -0.25) is 4.79 Å². The van der Waals surface area contributed by atoms with Crippen molar-refractivity contribution < 1.29 is 9.69 Å². The molecule has 0 radical (unpaired) electrons. The van der Waals surface area contributed by atoms with E-state index in [4.69, 9.17) is 0 Å². The fourth-order valence-electron chi connectivity index (χ4n) is 3.39. The average Bonchev–Trinajstić information content (AvgIpc) is 2.50. The Kier molecular flexibility index (Phi) is 6.46. The van der Waals surface area contributed by atoms with E-state index < -0.39 is 0 Å². The Balaban J connectivity index is 1.79. The molecule has 1 saturated carbocycles. The highest BCUT2D eigenvalue weighted by Crippen LogP contribution is 2.23. The third-order valence-corrected chi connectivity index (χ3v) is 4.88. The van der Waals surface area contributed by atoms with Crippen LogP contribution in [0.25, 0.3) is 0 Å².